The monoisotopic (exact) mass is 416 g/mol. The molecule has 1 saturated carbocycles. The molecule has 0 bridgehead atoms. The Hall–Kier alpha value is -0.290. The van der Waals surface area contributed by atoms with Gasteiger partial charge < -0.3 is 4.57 Å². The maximum absolute atomic E-state index is 5.98. The second kappa shape index (κ2) is 6.86. The molecule has 2 unspecified atom stereocenters. The Morgan fingerprint density at radius 1 is 1.33 bits per heavy atom. The third kappa shape index (κ3) is 3.39. The van der Waals surface area contributed by atoms with Crippen LogP contribution in [0.2, 0.25) is 0 Å². The Kier molecular flexibility index (Phi) is 5.10. The topological polar surface area (TPSA) is 17.8 Å². The van der Waals surface area contributed by atoms with E-state index in [9.17, 15) is 0 Å². The molecule has 0 amide bonds. The first-order valence-corrected chi connectivity index (χ1v) is 9.51. The van der Waals surface area contributed by atoms with Gasteiger partial charge in [-0.1, -0.05) is 26.2 Å². The number of rotatable bonds is 4. The van der Waals surface area contributed by atoms with Crippen LogP contribution in [0.1, 0.15) is 38.4 Å². The molecular weight excluding hydrogens is 395 g/mol. The molecule has 1 aromatic carbocycles. The van der Waals surface area contributed by atoms with Gasteiger partial charge in [0.25, 0.3) is 0 Å². The van der Waals surface area contributed by atoms with E-state index in [0.717, 1.165) is 36.1 Å². The van der Waals surface area contributed by atoms with Crippen molar-refractivity contribution in [1.82, 2.24) is 9.55 Å². The first-order chi connectivity index (χ1) is 10.2. The van der Waals surface area contributed by atoms with Crippen molar-refractivity contribution in [2.75, 3.05) is 5.88 Å². The molecule has 0 aliphatic heterocycles. The van der Waals surface area contributed by atoms with Gasteiger partial charge in [-0.2, -0.15) is 0 Å². The lowest BCUT2D eigenvalue weighted by Gasteiger charge is -2.29. The number of aromatic nitrogens is 2. The van der Waals surface area contributed by atoms with Gasteiger partial charge in [0.05, 0.1) is 11.0 Å². The molecule has 1 aromatic heterocycles. The molecule has 3 rings (SSSR count). The maximum atomic E-state index is 5.98. The van der Waals surface area contributed by atoms with Gasteiger partial charge in [-0.3, -0.25) is 0 Å². The van der Waals surface area contributed by atoms with E-state index in [-0.39, 0.29) is 0 Å². The maximum Gasteiger partial charge on any atom is 0.111 e. The zero-order valence-electron chi connectivity index (χ0n) is 12.5. The van der Waals surface area contributed by atoms with E-state index >= 15 is 0 Å². The summed E-state index contributed by atoms with van der Waals surface area (Å²) >= 11 is 8.34. The Labute approximate surface area is 145 Å². The number of fused-ring (bicyclic) bond motifs is 1. The fourth-order valence-electron chi connectivity index (χ4n) is 3.53. The summed E-state index contributed by atoms with van der Waals surface area (Å²) in [6, 6.07) is 6.57. The van der Waals surface area contributed by atoms with E-state index in [2.05, 4.69) is 52.3 Å². The third-order valence-corrected chi connectivity index (χ3v) is 5.67. The number of aryl methyl sites for hydroxylation is 1. The van der Waals surface area contributed by atoms with Gasteiger partial charge in [-0.05, 0) is 59.0 Å². The van der Waals surface area contributed by atoms with Crippen molar-refractivity contribution in [2.45, 2.75) is 45.6 Å². The van der Waals surface area contributed by atoms with Crippen LogP contribution >= 0.6 is 34.2 Å². The minimum atomic E-state index is 0.640. The number of nitrogens with zero attached hydrogens (tertiary/aromatic N) is 2. The van der Waals surface area contributed by atoms with Crippen LogP contribution in [0.3, 0.4) is 0 Å². The first kappa shape index (κ1) is 15.6. The predicted molar refractivity (Wildman–Crippen MR) is 98.0 cm³/mol. The number of alkyl halides is 1. The summed E-state index contributed by atoms with van der Waals surface area (Å²) in [5.74, 6) is 3.40. The largest absolute Gasteiger partial charge is 0.328 e. The standard InChI is InChI=1S/C17H22ClIN2/c1-12-4-2-3-5-13(12)11-21-16-7-6-14(19)10-15(16)20-17(21)8-9-18/h6-7,10,12-13H,2-5,8-9,11H2,1H3. The summed E-state index contributed by atoms with van der Waals surface area (Å²) in [6.07, 6.45) is 6.36. The zero-order valence-corrected chi connectivity index (χ0v) is 15.4. The van der Waals surface area contributed by atoms with Gasteiger partial charge in [0.1, 0.15) is 5.82 Å². The minimum absolute atomic E-state index is 0.640. The minimum Gasteiger partial charge on any atom is -0.328 e. The van der Waals surface area contributed by atoms with Gasteiger partial charge >= 0.3 is 0 Å². The Morgan fingerprint density at radius 2 is 2.14 bits per heavy atom. The lowest BCUT2D eigenvalue weighted by Crippen LogP contribution is -2.23. The van der Waals surface area contributed by atoms with Crippen LogP contribution in [-0.4, -0.2) is 15.4 Å². The lowest BCUT2D eigenvalue weighted by atomic mass is 9.80. The summed E-state index contributed by atoms with van der Waals surface area (Å²) in [4.78, 5) is 4.83. The average molecular weight is 417 g/mol. The van der Waals surface area contributed by atoms with Crippen LogP contribution in [0.4, 0.5) is 0 Å². The van der Waals surface area contributed by atoms with Crippen LogP contribution in [0, 0.1) is 15.4 Å². The van der Waals surface area contributed by atoms with Crippen LogP contribution in [0.25, 0.3) is 11.0 Å². The molecule has 0 saturated heterocycles. The van der Waals surface area contributed by atoms with E-state index < -0.39 is 0 Å². The van der Waals surface area contributed by atoms with Crippen molar-refractivity contribution in [3.05, 3.63) is 27.6 Å². The van der Waals surface area contributed by atoms with Gasteiger partial charge in [-0.15, -0.1) is 11.6 Å². The molecule has 21 heavy (non-hydrogen) atoms. The highest BCUT2D eigenvalue weighted by molar-refractivity contribution is 14.1. The van der Waals surface area contributed by atoms with Gasteiger partial charge in [0.15, 0.2) is 0 Å². The fraction of sp³-hybridized carbons (Fsp3) is 0.588. The highest BCUT2D eigenvalue weighted by Gasteiger charge is 2.23. The van der Waals surface area contributed by atoms with E-state index in [4.69, 9.17) is 16.6 Å². The smallest absolute Gasteiger partial charge is 0.111 e. The molecule has 0 spiro atoms. The number of halogens is 2. The molecule has 0 N–H and O–H groups in total. The zero-order chi connectivity index (χ0) is 14.8. The molecule has 2 aromatic rings. The summed E-state index contributed by atoms with van der Waals surface area (Å²) < 4.78 is 3.67. The van der Waals surface area contributed by atoms with E-state index in [0.29, 0.717) is 5.88 Å². The van der Waals surface area contributed by atoms with Gasteiger partial charge in [0, 0.05) is 22.4 Å². The number of hydrogen-bond acceptors (Lipinski definition) is 1. The second-order valence-corrected chi connectivity index (χ2v) is 7.86. The van der Waals surface area contributed by atoms with Crippen LogP contribution in [-0.2, 0) is 13.0 Å². The molecule has 4 heteroatoms. The number of hydrogen-bond donors (Lipinski definition) is 0. The summed E-state index contributed by atoms with van der Waals surface area (Å²) in [6.45, 7) is 3.51. The molecule has 1 aliphatic rings. The quantitative estimate of drug-likeness (QED) is 0.492. The average Bonchev–Trinajstić information content (AvgIpc) is 2.79. The van der Waals surface area contributed by atoms with E-state index in [1.54, 1.807) is 0 Å². The summed E-state index contributed by atoms with van der Waals surface area (Å²) in [5, 5.41) is 0. The normalized spacial score (nSPS) is 22.8. The Morgan fingerprint density at radius 3 is 2.90 bits per heavy atom. The van der Waals surface area contributed by atoms with E-state index in [1.807, 2.05) is 0 Å². The molecule has 1 heterocycles. The number of imidazole rings is 1. The van der Waals surface area contributed by atoms with Crippen molar-refractivity contribution in [3.8, 4) is 0 Å². The molecule has 0 radical (unpaired) electrons. The molecule has 1 aliphatic carbocycles. The first-order valence-electron chi connectivity index (χ1n) is 7.89. The highest BCUT2D eigenvalue weighted by Crippen LogP contribution is 2.32. The predicted octanol–water partition coefficient (Wildman–Crippen LogP) is 5.25. The third-order valence-electron chi connectivity index (χ3n) is 4.81. The molecule has 1 fully saturated rings. The summed E-state index contributed by atoms with van der Waals surface area (Å²) in [7, 11) is 0. The summed E-state index contributed by atoms with van der Waals surface area (Å²) in [5.41, 5.74) is 2.39. The van der Waals surface area contributed by atoms with Crippen LogP contribution in [0.5, 0.6) is 0 Å². The fourth-order valence-corrected chi connectivity index (χ4v) is 4.17. The van der Waals surface area contributed by atoms with E-state index in [1.165, 1.54) is 34.8 Å². The van der Waals surface area contributed by atoms with Crippen LogP contribution < -0.4 is 0 Å². The van der Waals surface area contributed by atoms with Crippen molar-refractivity contribution in [3.63, 3.8) is 0 Å². The van der Waals surface area contributed by atoms with Gasteiger partial charge in [-0.25, -0.2) is 4.98 Å². The second-order valence-electron chi connectivity index (χ2n) is 6.23. The Balaban J connectivity index is 1.96. The SMILES string of the molecule is CC1CCCCC1Cn1c(CCCl)nc2cc(I)ccc21. The number of benzene rings is 1. The lowest BCUT2D eigenvalue weighted by molar-refractivity contribution is 0.229. The van der Waals surface area contributed by atoms with Crippen molar-refractivity contribution >= 4 is 45.2 Å². The van der Waals surface area contributed by atoms with Gasteiger partial charge in [0.2, 0.25) is 0 Å². The molecule has 2 atom stereocenters. The molecular formula is C17H22ClIN2. The molecule has 114 valence electrons. The van der Waals surface area contributed by atoms with Crippen molar-refractivity contribution in [2.24, 2.45) is 11.8 Å². The highest BCUT2D eigenvalue weighted by atomic mass is 127. The Bertz CT molecular complexity index is 623. The molecule has 2 nitrogen and oxygen atoms in total. The van der Waals surface area contributed by atoms with Crippen molar-refractivity contribution in [1.29, 1.82) is 0 Å². The van der Waals surface area contributed by atoms with Crippen molar-refractivity contribution < 1.29 is 0 Å². The van der Waals surface area contributed by atoms with Crippen LogP contribution in [0.15, 0.2) is 18.2 Å².